The average Bonchev–Trinajstić information content (AvgIpc) is 3.06. The van der Waals surface area contributed by atoms with Crippen molar-refractivity contribution in [3.05, 3.63) is 71.5 Å². The largest absolute Gasteiger partial charge is 0.497 e. The zero-order valence-corrected chi connectivity index (χ0v) is 15.2. The van der Waals surface area contributed by atoms with E-state index in [0.29, 0.717) is 5.02 Å². The maximum absolute atomic E-state index is 6.36. The Bertz CT molecular complexity index is 1090. The van der Waals surface area contributed by atoms with Crippen LogP contribution in [0.4, 0.5) is 11.5 Å². The van der Waals surface area contributed by atoms with Gasteiger partial charge in [0.1, 0.15) is 11.6 Å². The van der Waals surface area contributed by atoms with E-state index in [4.69, 9.17) is 16.3 Å². The van der Waals surface area contributed by atoms with E-state index in [0.717, 1.165) is 39.7 Å². The predicted molar refractivity (Wildman–Crippen MR) is 104 cm³/mol. The van der Waals surface area contributed by atoms with Gasteiger partial charge < -0.3 is 10.1 Å². The van der Waals surface area contributed by atoms with Crippen LogP contribution in [-0.2, 0) is 0 Å². The minimum Gasteiger partial charge on any atom is -0.497 e. The molecule has 2 aromatic heterocycles. The monoisotopic (exact) mass is 364 g/mol. The molecule has 0 aliphatic heterocycles. The number of aromatic nitrogens is 3. The van der Waals surface area contributed by atoms with Crippen molar-refractivity contribution in [1.29, 1.82) is 0 Å². The van der Waals surface area contributed by atoms with Gasteiger partial charge in [0.25, 0.3) is 0 Å². The normalized spacial score (nSPS) is 10.9. The zero-order chi connectivity index (χ0) is 18.1. The molecule has 0 aliphatic carbocycles. The third-order valence-corrected chi connectivity index (χ3v) is 4.44. The van der Waals surface area contributed by atoms with Gasteiger partial charge in [0.2, 0.25) is 0 Å². The van der Waals surface area contributed by atoms with E-state index < -0.39 is 0 Å². The number of nitrogens with zero attached hydrogens (tertiary/aromatic N) is 3. The first kappa shape index (κ1) is 16.4. The first-order valence-electron chi connectivity index (χ1n) is 8.17. The number of hydrogen-bond acceptors (Lipinski definition) is 4. The highest BCUT2D eigenvalue weighted by Gasteiger charge is 2.14. The van der Waals surface area contributed by atoms with Crippen molar-refractivity contribution in [2.24, 2.45) is 0 Å². The highest BCUT2D eigenvalue weighted by atomic mass is 35.5. The lowest BCUT2D eigenvalue weighted by molar-refractivity contribution is 0.415. The van der Waals surface area contributed by atoms with Crippen molar-refractivity contribution in [3.8, 4) is 16.9 Å². The molecular weight excluding hydrogens is 348 g/mol. The van der Waals surface area contributed by atoms with Crippen LogP contribution in [0.1, 0.15) is 5.69 Å². The minimum atomic E-state index is 0.674. The van der Waals surface area contributed by atoms with Gasteiger partial charge in [0.15, 0.2) is 5.65 Å². The molecule has 0 saturated carbocycles. The van der Waals surface area contributed by atoms with Gasteiger partial charge in [-0.25, -0.2) is 4.98 Å². The number of aryl methyl sites for hydroxylation is 1. The summed E-state index contributed by atoms with van der Waals surface area (Å²) in [5.41, 5.74) is 4.36. The molecule has 4 rings (SSSR count). The van der Waals surface area contributed by atoms with Gasteiger partial charge in [-0.3, -0.25) is 0 Å². The molecule has 0 saturated heterocycles. The molecule has 0 amide bonds. The molecule has 1 N–H and O–H groups in total. The Labute approximate surface area is 156 Å². The second kappa shape index (κ2) is 6.69. The van der Waals surface area contributed by atoms with Crippen molar-refractivity contribution >= 4 is 28.8 Å². The Balaban J connectivity index is 1.83. The lowest BCUT2D eigenvalue weighted by Gasteiger charge is -2.11. The first-order chi connectivity index (χ1) is 12.7. The summed E-state index contributed by atoms with van der Waals surface area (Å²) in [5, 5.41) is 8.58. The predicted octanol–water partition coefficient (Wildman–Crippen LogP) is 5.11. The molecule has 0 radical (unpaired) electrons. The Morgan fingerprint density at radius 1 is 1.04 bits per heavy atom. The summed E-state index contributed by atoms with van der Waals surface area (Å²) in [4.78, 5) is 4.67. The molecule has 6 heteroatoms. The number of ether oxygens (including phenoxy) is 1. The van der Waals surface area contributed by atoms with Gasteiger partial charge in [-0.15, -0.1) is 0 Å². The quantitative estimate of drug-likeness (QED) is 0.546. The van der Waals surface area contributed by atoms with Crippen molar-refractivity contribution in [2.45, 2.75) is 6.92 Å². The fraction of sp³-hybridized carbons (Fsp3) is 0.100. The first-order valence-corrected chi connectivity index (χ1v) is 8.55. The van der Waals surface area contributed by atoms with Crippen LogP contribution in [0.25, 0.3) is 16.8 Å². The molecular formula is C20H17ClN4O. The number of halogens is 1. The standard InChI is InChI=1S/C20H17ClN4O/c1-13-10-19(24-14-6-5-7-15(11-14)26-2)25-20(23-13)17(12-22-25)16-8-3-4-9-18(16)21/h3-12,24H,1-2H3. The van der Waals surface area contributed by atoms with Gasteiger partial charge in [0.05, 0.1) is 13.3 Å². The fourth-order valence-electron chi connectivity index (χ4n) is 2.89. The molecule has 0 unspecified atom stereocenters. The van der Waals surface area contributed by atoms with E-state index in [1.165, 1.54) is 0 Å². The molecule has 0 fully saturated rings. The van der Waals surface area contributed by atoms with Gasteiger partial charge >= 0.3 is 0 Å². The van der Waals surface area contributed by atoms with Crippen LogP contribution in [0, 0.1) is 6.92 Å². The van der Waals surface area contributed by atoms with Crippen LogP contribution in [0.5, 0.6) is 5.75 Å². The van der Waals surface area contributed by atoms with Crippen molar-refractivity contribution in [2.75, 3.05) is 12.4 Å². The lowest BCUT2D eigenvalue weighted by atomic mass is 10.1. The van der Waals surface area contributed by atoms with Crippen molar-refractivity contribution in [1.82, 2.24) is 14.6 Å². The van der Waals surface area contributed by atoms with E-state index in [1.807, 2.05) is 61.5 Å². The van der Waals surface area contributed by atoms with Gasteiger partial charge in [-0.05, 0) is 25.1 Å². The SMILES string of the molecule is COc1cccc(Nc2cc(C)nc3c(-c4ccccc4Cl)cnn23)c1. The van der Waals surface area contributed by atoms with E-state index >= 15 is 0 Å². The molecule has 0 atom stereocenters. The summed E-state index contributed by atoms with van der Waals surface area (Å²) in [7, 11) is 1.65. The van der Waals surface area contributed by atoms with Crippen molar-refractivity contribution in [3.63, 3.8) is 0 Å². The molecule has 0 aliphatic rings. The summed E-state index contributed by atoms with van der Waals surface area (Å²) in [5.74, 6) is 1.60. The van der Waals surface area contributed by atoms with Gasteiger partial charge in [-0.1, -0.05) is 35.9 Å². The Kier molecular flexibility index (Phi) is 4.22. The Morgan fingerprint density at radius 3 is 2.69 bits per heavy atom. The van der Waals surface area contributed by atoms with Crippen LogP contribution < -0.4 is 10.1 Å². The van der Waals surface area contributed by atoms with Crippen LogP contribution in [0.3, 0.4) is 0 Å². The molecule has 0 bridgehead atoms. The van der Waals surface area contributed by atoms with E-state index in [-0.39, 0.29) is 0 Å². The third kappa shape index (κ3) is 2.97. The fourth-order valence-corrected chi connectivity index (χ4v) is 3.13. The zero-order valence-electron chi connectivity index (χ0n) is 14.4. The van der Waals surface area contributed by atoms with Crippen LogP contribution in [0.15, 0.2) is 60.8 Å². The smallest absolute Gasteiger partial charge is 0.165 e. The second-order valence-electron chi connectivity index (χ2n) is 5.91. The van der Waals surface area contributed by atoms with Crippen LogP contribution >= 0.6 is 11.6 Å². The molecule has 2 heterocycles. The summed E-state index contributed by atoms with van der Waals surface area (Å²) in [6.07, 6.45) is 1.79. The van der Waals surface area contributed by atoms with Gasteiger partial charge in [-0.2, -0.15) is 9.61 Å². The van der Waals surface area contributed by atoms with Crippen LogP contribution in [-0.4, -0.2) is 21.7 Å². The second-order valence-corrected chi connectivity index (χ2v) is 6.32. The number of fused-ring (bicyclic) bond motifs is 1. The Morgan fingerprint density at radius 2 is 1.88 bits per heavy atom. The van der Waals surface area contributed by atoms with Crippen LogP contribution in [0.2, 0.25) is 5.02 Å². The average molecular weight is 365 g/mol. The number of methoxy groups -OCH3 is 1. The lowest BCUT2D eigenvalue weighted by Crippen LogP contribution is -2.02. The molecule has 2 aromatic carbocycles. The summed E-state index contributed by atoms with van der Waals surface area (Å²) in [6, 6.07) is 17.4. The summed E-state index contributed by atoms with van der Waals surface area (Å²) in [6.45, 7) is 1.96. The Hall–Kier alpha value is -3.05. The van der Waals surface area contributed by atoms with E-state index in [1.54, 1.807) is 17.8 Å². The molecule has 4 aromatic rings. The van der Waals surface area contributed by atoms with E-state index in [2.05, 4.69) is 15.4 Å². The highest BCUT2D eigenvalue weighted by molar-refractivity contribution is 6.33. The number of rotatable bonds is 4. The molecule has 5 nitrogen and oxygen atoms in total. The third-order valence-electron chi connectivity index (χ3n) is 4.11. The maximum atomic E-state index is 6.36. The number of nitrogens with one attached hydrogen (secondary N) is 1. The number of anilines is 2. The van der Waals surface area contributed by atoms with E-state index in [9.17, 15) is 0 Å². The maximum Gasteiger partial charge on any atom is 0.165 e. The number of benzene rings is 2. The topological polar surface area (TPSA) is 51.5 Å². The molecule has 130 valence electrons. The molecule has 0 spiro atoms. The summed E-state index contributed by atoms with van der Waals surface area (Å²) >= 11 is 6.36. The molecule has 26 heavy (non-hydrogen) atoms. The van der Waals surface area contributed by atoms with Gasteiger partial charge in [0, 0.05) is 39.7 Å². The highest BCUT2D eigenvalue weighted by Crippen LogP contribution is 2.32. The number of hydrogen-bond donors (Lipinski definition) is 1. The summed E-state index contributed by atoms with van der Waals surface area (Å²) < 4.78 is 7.07. The van der Waals surface area contributed by atoms with Crippen molar-refractivity contribution < 1.29 is 4.74 Å². The minimum absolute atomic E-state index is 0.674.